The molecule has 1 aliphatic carbocycles. The van der Waals surface area contributed by atoms with Crippen LogP contribution in [0.25, 0.3) is 10.9 Å². The zero-order chi connectivity index (χ0) is 24.1. The van der Waals surface area contributed by atoms with E-state index in [2.05, 4.69) is 16.7 Å². The van der Waals surface area contributed by atoms with E-state index in [0.29, 0.717) is 28.4 Å². The highest BCUT2D eigenvalue weighted by molar-refractivity contribution is 6.35. The van der Waals surface area contributed by atoms with E-state index in [-0.39, 0.29) is 7.43 Å². The van der Waals surface area contributed by atoms with Crippen LogP contribution in [0.4, 0.5) is 11.8 Å². The van der Waals surface area contributed by atoms with E-state index >= 15 is 0 Å². The minimum atomic E-state index is 0. The van der Waals surface area contributed by atoms with Crippen LogP contribution < -0.4 is 20.3 Å². The number of aromatic nitrogens is 2. The van der Waals surface area contributed by atoms with Crippen molar-refractivity contribution in [3.8, 4) is 5.75 Å². The molecule has 0 atom stereocenters. The Hall–Kier alpha value is -2.28. The number of methoxy groups -OCH3 is 1. The second-order valence-corrected chi connectivity index (χ2v) is 10.0. The van der Waals surface area contributed by atoms with Crippen LogP contribution in [0.1, 0.15) is 45.1 Å². The minimum absolute atomic E-state index is 0. The van der Waals surface area contributed by atoms with Gasteiger partial charge in [0.15, 0.2) is 0 Å². The monoisotopic (exact) mass is 517 g/mol. The molecule has 2 N–H and O–H groups in total. The number of benzene rings is 2. The van der Waals surface area contributed by atoms with Crippen molar-refractivity contribution in [1.29, 1.82) is 0 Å². The van der Waals surface area contributed by atoms with Crippen molar-refractivity contribution in [2.45, 2.75) is 52.1 Å². The number of halogens is 2. The van der Waals surface area contributed by atoms with E-state index in [9.17, 15) is 0 Å². The number of fused-ring (bicyclic) bond motifs is 1. The lowest BCUT2D eigenvalue weighted by Gasteiger charge is -2.29. The van der Waals surface area contributed by atoms with Crippen molar-refractivity contribution in [2.24, 2.45) is 5.92 Å². The summed E-state index contributed by atoms with van der Waals surface area (Å²) in [5, 5.41) is 9.37. The van der Waals surface area contributed by atoms with Gasteiger partial charge in [0, 0.05) is 42.7 Å². The minimum Gasteiger partial charge on any atom is -0.495 e. The highest BCUT2D eigenvalue weighted by Gasteiger charge is 2.22. The van der Waals surface area contributed by atoms with Crippen LogP contribution in [0.5, 0.6) is 5.75 Å². The Bertz CT molecular complexity index is 1120. The summed E-state index contributed by atoms with van der Waals surface area (Å²) >= 11 is 12.4. The Kier molecular flexibility index (Phi) is 9.84. The molecule has 0 bridgehead atoms. The first-order valence-corrected chi connectivity index (χ1v) is 12.6. The smallest absolute Gasteiger partial charge is 0.225 e. The number of para-hydroxylation sites is 1. The second kappa shape index (κ2) is 12.6. The summed E-state index contributed by atoms with van der Waals surface area (Å²) in [5.41, 5.74) is 1.96. The highest BCUT2D eigenvalue weighted by atomic mass is 35.5. The summed E-state index contributed by atoms with van der Waals surface area (Å²) in [6.07, 6.45) is 5.84. The van der Waals surface area contributed by atoms with Gasteiger partial charge in [-0.25, -0.2) is 4.98 Å². The fourth-order valence-corrected chi connectivity index (χ4v) is 5.36. The molecule has 0 amide bonds. The van der Waals surface area contributed by atoms with Gasteiger partial charge in [0.05, 0.1) is 17.6 Å². The summed E-state index contributed by atoms with van der Waals surface area (Å²) in [6, 6.07) is 12.2. The van der Waals surface area contributed by atoms with Crippen LogP contribution in [0.2, 0.25) is 10.0 Å². The molecular weight excluding hydrogens is 481 g/mol. The molecule has 0 radical (unpaired) electrons. The molecule has 2 aromatic carbocycles. The number of ether oxygens (including phenoxy) is 1. The molecule has 1 aliphatic rings. The van der Waals surface area contributed by atoms with Crippen molar-refractivity contribution >= 4 is 45.9 Å². The van der Waals surface area contributed by atoms with Crippen LogP contribution in [-0.2, 0) is 6.54 Å². The maximum absolute atomic E-state index is 6.24. The van der Waals surface area contributed by atoms with Gasteiger partial charge in [-0.15, -0.1) is 0 Å². The largest absolute Gasteiger partial charge is 0.495 e. The van der Waals surface area contributed by atoms with Gasteiger partial charge in [-0.1, -0.05) is 42.8 Å². The molecule has 1 heterocycles. The van der Waals surface area contributed by atoms with Crippen molar-refractivity contribution in [1.82, 2.24) is 15.3 Å². The SMILES string of the molecule is C.COc1c(Cl)cc(Cl)cc1CNCCC1CCC(Nc2nc(N(C)C)c3ccccc3n2)CC1. The molecule has 0 aliphatic heterocycles. The highest BCUT2D eigenvalue weighted by Crippen LogP contribution is 2.33. The molecule has 6 nitrogen and oxygen atoms in total. The van der Waals surface area contributed by atoms with E-state index in [0.717, 1.165) is 60.0 Å². The third kappa shape index (κ3) is 6.90. The first-order chi connectivity index (χ1) is 16.4. The van der Waals surface area contributed by atoms with Crippen molar-refractivity contribution in [2.75, 3.05) is 38.0 Å². The fourth-order valence-electron chi connectivity index (χ4n) is 4.75. The molecule has 0 unspecified atom stereocenters. The number of nitrogens with zero attached hydrogens (tertiary/aromatic N) is 3. The molecule has 0 saturated heterocycles. The summed E-state index contributed by atoms with van der Waals surface area (Å²) in [5.74, 6) is 3.09. The Morgan fingerprint density at radius 3 is 2.51 bits per heavy atom. The van der Waals surface area contributed by atoms with Crippen molar-refractivity contribution in [3.63, 3.8) is 0 Å². The second-order valence-electron chi connectivity index (χ2n) is 9.19. The maximum Gasteiger partial charge on any atom is 0.225 e. The quantitative estimate of drug-likeness (QED) is 0.304. The van der Waals surface area contributed by atoms with Gasteiger partial charge in [-0.05, 0) is 68.8 Å². The van der Waals surface area contributed by atoms with Crippen LogP contribution in [0.15, 0.2) is 36.4 Å². The average molecular weight is 519 g/mol. The van der Waals surface area contributed by atoms with Gasteiger partial charge in [0.2, 0.25) is 5.95 Å². The lowest BCUT2D eigenvalue weighted by atomic mass is 9.84. The third-order valence-electron chi connectivity index (χ3n) is 6.52. The predicted molar refractivity (Wildman–Crippen MR) is 149 cm³/mol. The molecular formula is C27H37Cl2N5O. The number of hydrogen-bond acceptors (Lipinski definition) is 6. The van der Waals surface area contributed by atoms with Gasteiger partial charge in [-0.3, -0.25) is 0 Å². The van der Waals surface area contributed by atoms with E-state index in [1.54, 1.807) is 13.2 Å². The number of anilines is 2. The first-order valence-electron chi connectivity index (χ1n) is 11.9. The van der Waals surface area contributed by atoms with E-state index < -0.39 is 0 Å². The van der Waals surface area contributed by atoms with Gasteiger partial charge in [-0.2, -0.15) is 4.98 Å². The zero-order valence-corrected chi connectivity index (χ0v) is 21.6. The first kappa shape index (κ1) is 27.3. The third-order valence-corrected chi connectivity index (χ3v) is 7.02. The maximum atomic E-state index is 6.24. The molecule has 1 saturated carbocycles. The van der Waals surface area contributed by atoms with Gasteiger partial charge in [0.1, 0.15) is 11.6 Å². The Morgan fingerprint density at radius 2 is 1.80 bits per heavy atom. The molecule has 0 spiro atoms. The molecule has 190 valence electrons. The lowest BCUT2D eigenvalue weighted by molar-refractivity contribution is 0.316. The van der Waals surface area contributed by atoms with Gasteiger partial charge >= 0.3 is 0 Å². The Balaban J connectivity index is 0.00000342. The molecule has 3 aromatic rings. The summed E-state index contributed by atoms with van der Waals surface area (Å²) < 4.78 is 5.43. The number of nitrogens with one attached hydrogen (secondary N) is 2. The lowest BCUT2D eigenvalue weighted by Crippen LogP contribution is -2.28. The predicted octanol–water partition coefficient (Wildman–Crippen LogP) is 6.80. The van der Waals surface area contributed by atoms with Crippen molar-refractivity contribution < 1.29 is 4.74 Å². The average Bonchev–Trinajstić information content (AvgIpc) is 2.82. The van der Waals surface area contributed by atoms with Crippen molar-refractivity contribution in [3.05, 3.63) is 52.0 Å². The summed E-state index contributed by atoms with van der Waals surface area (Å²) in [6.45, 7) is 1.64. The molecule has 1 fully saturated rings. The fraction of sp³-hybridized carbons (Fsp3) is 0.481. The van der Waals surface area contributed by atoms with Crippen LogP contribution in [0.3, 0.4) is 0 Å². The summed E-state index contributed by atoms with van der Waals surface area (Å²) in [7, 11) is 5.68. The summed E-state index contributed by atoms with van der Waals surface area (Å²) in [4.78, 5) is 11.6. The van der Waals surface area contributed by atoms with E-state index in [1.165, 1.54) is 12.8 Å². The van der Waals surface area contributed by atoms with Crippen LogP contribution in [-0.4, -0.2) is 43.8 Å². The van der Waals surface area contributed by atoms with E-state index in [1.807, 2.05) is 43.3 Å². The Morgan fingerprint density at radius 1 is 1.06 bits per heavy atom. The topological polar surface area (TPSA) is 62.3 Å². The zero-order valence-electron chi connectivity index (χ0n) is 20.1. The van der Waals surface area contributed by atoms with Crippen LogP contribution in [0, 0.1) is 5.92 Å². The molecule has 35 heavy (non-hydrogen) atoms. The Labute approximate surface area is 219 Å². The molecule has 8 heteroatoms. The molecule has 1 aromatic heterocycles. The van der Waals surface area contributed by atoms with Gasteiger partial charge < -0.3 is 20.3 Å². The van der Waals surface area contributed by atoms with E-state index in [4.69, 9.17) is 37.9 Å². The number of rotatable bonds is 9. The van der Waals surface area contributed by atoms with Gasteiger partial charge in [0.25, 0.3) is 0 Å². The normalized spacial score (nSPS) is 17.6. The van der Waals surface area contributed by atoms with Crippen LogP contribution >= 0.6 is 23.2 Å². The standard InChI is InChI=1S/C26H33Cl2N5O.CH4/c1-33(2)25-21-6-4-5-7-23(21)31-26(32-25)30-20-10-8-17(9-11-20)12-13-29-16-18-14-19(27)15-22(28)24(18)34-3;/h4-7,14-15,17,20,29H,8-13,16H2,1-3H3,(H,30,31,32);1H4. The number of hydrogen-bond donors (Lipinski definition) is 2. The molecule has 4 rings (SSSR count).